The van der Waals surface area contributed by atoms with Crippen LogP contribution in [0.5, 0.6) is 5.75 Å². The first-order valence-electron chi connectivity index (χ1n) is 7.58. The number of rotatable bonds is 4. The molecule has 3 nitrogen and oxygen atoms in total. The van der Waals surface area contributed by atoms with Gasteiger partial charge in [0.05, 0.1) is 10.5 Å². The van der Waals surface area contributed by atoms with Gasteiger partial charge in [-0.25, -0.2) is 0 Å². The Kier molecular flexibility index (Phi) is 5.23. The van der Waals surface area contributed by atoms with E-state index in [1.54, 1.807) is 18.2 Å². The third-order valence-electron chi connectivity index (χ3n) is 3.96. The summed E-state index contributed by atoms with van der Waals surface area (Å²) in [5, 5.41) is 3.69. The van der Waals surface area contributed by atoms with Crippen molar-refractivity contribution in [2.75, 3.05) is 6.61 Å². The summed E-state index contributed by atoms with van der Waals surface area (Å²) >= 11 is 9.27. The van der Waals surface area contributed by atoms with E-state index in [9.17, 15) is 4.79 Å². The molecule has 0 fully saturated rings. The van der Waals surface area contributed by atoms with Crippen LogP contribution in [0.1, 0.15) is 30.0 Å². The molecule has 0 aromatic heterocycles. The van der Waals surface area contributed by atoms with Crippen molar-refractivity contribution in [3.05, 3.63) is 63.1 Å². The van der Waals surface area contributed by atoms with Crippen molar-refractivity contribution in [1.82, 2.24) is 5.32 Å². The Hall–Kier alpha value is -1.52. The lowest BCUT2D eigenvalue weighted by atomic mass is 9.88. The maximum Gasteiger partial charge on any atom is 0.258 e. The third-order valence-corrected chi connectivity index (χ3v) is 4.81. The van der Waals surface area contributed by atoms with Crippen LogP contribution >= 0.6 is 27.5 Å². The lowest BCUT2D eigenvalue weighted by molar-refractivity contribution is -0.124. The summed E-state index contributed by atoms with van der Waals surface area (Å²) in [6.45, 7) is -0.0150. The van der Waals surface area contributed by atoms with Gasteiger partial charge >= 0.3 is 0 Å². The summed E-state index contributed by atoms with van der Waals surface area (Å²) in [6, 6.07) is 13.6. The first-order valence-corrected chi connectivity index (χ1v) is 8.75. The van der Waals surface area contributed by atoms with Gasteiger partial charge in [-0.05, 0) is 64.5 Å². The van der Waals surface area contributed by atoms with Crippen LogP contribution in [0.3, 0.4) is 0 Å². The lowest BCUT2D eigenvalue weighted by Gasteiger charge is -2.26. The predicted octanol–water partition coefficient (Wildman–Crippen LogP) is 4.68. The van der Waals surface area contributed by atoms with Gasteiger partial charge in [-0.2, -0.15) is 0 Å². The van der Waals surface area contributed by atoms with Gasteiger partial charge in [0.25, 0.3) is 5.91 Å². The highest BCUT2D eigenvalue weighted by atomic mass is 79.9. The van der Waals surface area contributed by atoms with E-state index < -0.39 is 0 Å². The monoisotopic (exact) mass is 393 g/mol. The van der Waals surface area contributed by atoms with Gasteiger partial charge in [-0.15, -0.1) is 0 Å². The topological polar surface area (TPSA) is 38.3 Å². The number of ether oxygens (including phenoxy) is 1. The van der Waals surface area contributed by atoms with Crippen LogP contribution in [0.25, 0.3) is 0 Å². The highest BCUT2D eigenvalue weighted by Crippen LogP contribution is 2.30. The first kappa shape index (κ1) is 16.3. The minimum atomic E-state index is -0.117. The zero-order chi connectivity index (χ0) is 16.2. The van der Waals surface area contributed by atoms with Crippen molar-refractivity contribution < 1.29 is 9.53 Å². The average Bonchev–Trinajstić information content (AvgIpc) is 2.54. The predicted molar refractivity (Wildman–Crippen MR) is 94.9 cm³/mol. The number of nitrogens with one attached hydrogen (secondary N) is 1. The zero-order valence-corrected chi connectivity index (χ0v) is 14.9. The largest absolute Gasteiger partial charge is 0.483 e. The van der Waals surface area contributed by atoms with Crippen LogP contribution in [0, 0.1) is 0 Å². The molecule has 1 atom stereocenters. The minimum Gasteiger partial charge on any atom is -0.483 e. The highest BCUT2D eigenvalue weighted by Gasteiger charge is 2.21. The Labute approximate surface area is 149 Å². The van der Waals surface area contributed by atoms with Crippen molar-refractivity contribution in [1.29, 1.82) is 0 Å². The number of hydrogen-bond donors (Lipinski definition) is 1. The van der Waals surface area contributed by atoms with E-state index in [0.717, 1.165) is 23.7 Å². The second-order valence-electron chi connectivity index (χ2n) is 5.57. The van der Waals surface area contributed by atoms with E-state index in [1.165, 1.54) is 11.1 Å². The molecule has 5 heteroatoms. The fraction of sp³-hybridized carbons (Fsp3) is 0.278. The molecule has 0 saturated heterocycles. The number of halogens is 2. The van der Waals surface area contributed by atoms with Crippen molar-refractivity contribution >= 4 is 33.4 Å². The van der Waals surface area contributed by atoms with Crippen molar-refractivity contribution in [3.8, 4) is 5.75 Å². The second kappa shape index (κ2) is 7.37. The van der Waals surface area contributed by atoms with Crippen molar-refractivity contribution in [2.24, 2.45) is 0 Å². The van der Waals surface area contributed by atoms with E-state index in [1.807, 2.05) is 12.1 Å². The van der Waals surface area contributed by atoms with Crippen LogP contribution in [0.4, 0.5) is 0 Å². The molecule has 0 bridgehead atoms. The molecule has 2 aromatic rings. The van der Waals surface area contributed by atoms with Crippen molar-refractivity contribution in [2.45, 2.75) is 25.3 Å². The lowest BCUT2D eigenvalue weighted by Crippen LogP contribution is -2.34. The molecule has 0 radical (unpaired) electrons. The molecule has 0 spiro atoms. The summed E-state index contributed by atoms with van der Waals surface area (Å²) in [4.78, 5) is 12.2. The molecule has 1 aliphatic rings. The van der Waals surface area contributed by atoms with Crippen LogP contribution in [0.15, 0.2) is 46.9 Å². The molecule has 2 aromatic carbocycles. The van der Waals surface area contributed by atoms with Gasteiger partial charge in [0, 0.05) is 5.02 Å². The Morgan fingerprint density at radius 1 is 1.30 bits per heavy atom. The number of amides is 1. The van der Waals surface area contributed by atoms with E-state index in [4.69, 9.17) is 16.3 Å². The summed E-state index contributed by atoms with van der Waals surface area (Å²) in [5.74, 6) is 0.488. The SMILES string of the molecule is O=C(COc1ccc(Cl)cc1Br)N[C@@H]1CCCc2ccccc21. The molecular formula is C18H17BrClNO2. The summed E-state index contributed by atoms with van der Waals surface area (Å²) in [6.07, 6.45) is 3.13. The molecule has 0 unspecified atom stereocenters. The number of aryl methyl sites for hydroxylation is 1. The molecule has 1 N–H and O–H groups in total. The maximum absolute atomic E-state index is 12.2. The molecule has 3 rings (SSSR count). The standard InChI is InChI=1S/C18H17BrClNO2/c19-15-10-13(20)8-9-17(15)23-11-18(22)21-16-7-3-5-12-4-1-2-6-14(12)16/h1-2,4,6,8-10,16H,3,5,7,11H2,(H,21,22)/t16-/m1/s1. The van der Waals surface area contributed by atoms with Gasteiger partial charge < -0.3 is 10.1 Å². The van der Waals surface area contributed by atoms with E-state index >= 15 is 0 Å². The Morgan fingerprint density at radius 2 is 2.13 bits per heavy atom. The van der Waals surface area contributed by atoms with Crippen LogP contribution in [-0.2, 0) is 11.2 Å². The number of hydrogen-bond acceptors (Lipinski definition) is 2. The van der Waals surface area contributed by atoms with Gasteiger partial charge in [0.15, 0.2) is 6.61 Å². The zero-order valence-electron chi connectivity index (χ0n) is 12.5. The molecular weight excluding hydrogens is 378 g/mol. The minimum absolute atomic E-state index is 0.0150. The first-order chi connectivity index (χ1) is 11.1. The molecule has 1 aliphatic carbocycles. The van der Waals surface area contributed by atoms with Gasteiger partial charge in [-0.3, -0.25) is 4.79 Å². The van der Waals surface area contributed by atoms with Gasteiger partial charge in [0.1, 0.15) is 5.75 Å². The number of carbonyl (C=O) groups excluding carboxylic acids is 1. The third kappa shape index (κ3) is 4.06. The van der Waals surface area contributed by atoms with Crippen LogP contribution in [-0.4, -0.2) is 12.5 Å². The van der Waals surface area contributed by atoms with Crippen LogP contribution in [0.2, 0.25) is 5.02 Å². The summed E-state index contributed by atoms with van der Waals surface area (Å²) in [7, 11) is 0. The van der Waals surface area contributed by atoms with E-state index in [2.05, 4.69) is 33.4 Å². The number of fused-ring (bicyclic) bond motifs is 1. The number of carbonyl (C=O) groups is 1. The molecule has 0 heterocycles. The fourth-order valence-corrected chi connectivity index (χ4v) is 3.67. The number of benzene rings is 2. The summed E-state index contributed by atoms with van der Waals surface area (Å²) in [5.41, 5.74) is 2.55. The smallest absolute Gasteiger partial charge is 0.258 e. The quantitative estimate of drug-likeness (QED) is 0.818. The Bertz CT molecular complexity index is 720. The molecule has 120 valence electrons. The van der Waals surface area contributed by atoms with Crippen LogP contribution < -0.4 is 10.1 Å². The molecule has 0 saturated carbocycles. The summed E-state index contributed by atoms with van der Waals surface area (Å²) < 4.78 is 6.30. The van der Waals surface area contributed by atoms with E-state index in [0.29, 0.717) is 10.8 Å². The molecule has 23 heavy (non-hydrogen) atoms. The highest BCUT2D eigenvalue weighted by molar-refractivity contribution is 9.10. The maximum atomic E-state index is 12.2. The normalized spacial score (nSPS) is 16.5. The average molecular weight is 395 g/mol. The van der Waals surface area contributed by atoms with E-state index in [-0.39, 0.29) is 18.6 Å². The van der Waals surface area contributed by atoms with Gasteiger partial charge in [-0.1, -0.05) is 35.9 Å². The second-order valence-corrected chi connectivity index (χ2v) is 6.87. The molecule has 0 aliphatic heterocycles. The Balaban J connectivity index is 1.60. The Morgan fingerprint density at radius 3 is 2.96 bits per heavy atom. The van der Waals surface area contributed by atoms with Crippen molar-refractivity contribution in [3.63, 3.8) is 0 Å². The fourth-order valence-electron chi connectivity index (χ4n) is 2.88. The van der Waals surface area contributed by atoms with Gasteiger partial charge in [0.2, 0.25) is 0 Å². The molecule has 1 amide bonds.